The van der Waals surface area contributed by atoms with Gasteiger partial charge in [0, 0.05) is 19.0 Å². The third kappa shape index (κ3) is 3.44. The van der Waals surface area contributed by atoms with Crippen LogP contribution in [-0.4, -0.2) is 6.54 Å². The molecule has 0 saturated heterocycles. The van der Waals surface area contributed by atoms with E-state index in [0.717, 1.165) is 73.1 Å². The van der Waals surface area contributed by atoms with Crippen LogP contribution in [0.4, 0.5) is 5.69 Å². The largest absolute Gasteiger partial charge is 0.438 e. The van der Waals surface area contributed by atoms with Crippen LogP contribution in [-0.2, 0) is 6.54 Å². The number of fused-ring (bicyclic) bond motifs is 2. The van der Waals surface area contributed by atoms with Gasteiger partial charge in [-0.25, -0.2) is 0 Å². The smallest absolute Gasteiger partial charge is 0.379 e. The summed E-state index contributed by atoms with van der Waals surface area (Å²) in [6, 6.07) is 16.5. The summed E-state index contributed by atoms with van der Waals surface area (Å²) in [6.07, 6.45) is 6.57. The molecule has 0 unspecified atom stereocenters. The summed E-state index contributed by atoms with van der Waals surface area (Å²) < 4.78 is 14.6. The maximum Gasteiger partial charge on any atom is 0.379 e. The Bertz CT molecular complexity index is 958. The topological polar surface area (TPSA) is 29.5 Å². The van der Waals surface area contributed by atoms with E-state index >= 15 is 0 Å². The Hall–Kier alpha value is -2.75. The number of nitrogens with zero attached hydrogens (tertiary/aromatic N) is 2. The number of rotatable bonds is 7. The molecule has 4 heteroatoms. The van der Waals surface area contributed by atoms with Gasteiger partial charge in [-0.3, -0.25) is 0 Å². The van der Waals surface area contributed by atoms with E-state index in [-0.39, 0.29) is 0 Å². The van der Waals surface area contributed by atoms with Gasteiger partial charge in [-0.1, -0.05) is 51.0 Å². The Balaban J connectivity index is 1.76. The Labute approximate surface area is 160 Å². The van der Waals surface area contributed by atoms with E-state index in [1.165, 1.54) is 0 Å². The quantitative estimate of drug-likeness (QED) is 0.518. The number of ether oxygens (including phenoxy) is 1. The molecule has 0 radical (unpaired) electrons. The summed E-state index contributed by atoms with van der Waals surface area (Å²) in [6.45, 7) is 6.30. The first-order chi connectivity index (χ1) is 13.3. The highest BCUT2D eigenvalue weighted by Crippen LogP contribution is 2.39. The minimum atomic E-state index is 0.842. The number of benzene rings is 2. The van der Waals surface area contributed by atoms with Gasteiger partial charge in [-0.2, -0.15) is 4.57 Å². The van der Waals surface area contributed by atoms with Crippen molar-refractivity contribution in [1.82, 2.24) is 0 Å². The summed E-state index contributed by atoms with van der Waals surface area (Å²) in [5.74, 6) is 2.60. The third-order valence-electron chi connectivity index (χ3n) is 4.99. The van der Waals surface area contributed by atoms with Gasteiger partial charge in [0.05, 0.1) is 5.69 Å². The first kappa shape index (κ1) is 17.7. The lowest BCUT2D eigenvalue weighted by Crippen LogP contribution is -2.35. The molecule has 0 fully saturated rings. The van der Waals surface area contributed by atoms with Crippen molar-refractivity contribution < 1.29 is 13.7 Å². The third-order valence-corrected chi connectivity index (χ3v) is 4.99. The van der Waals surface area contributed by atoms with Crippen LogP contribution < -0.4 is 14.2 Å². The fraction of sp³-hybridized carbons (Fsp3) is 0.348. The molecule has 0 bridgehead atoms. The van der Waals surface area contributed by atoms with E-state index in [9.17, 15) is 0 Å². The SMILES string of the molecule is CCCCN1/C(=C/c2oc3ccccc3[n+]2CCCC)Oc2ccccc21. The van der Waals surface area contributed by atoms with E-state index in [0.29, 0.717) is 0 Å². The van der Waals surface area contributed by atoms with E-state index < -0.39 is 0 Å². The summed E-state index contributed by atoms with van der Waals surface area (Å²) in [7, 11) is 0. The zero-order chi connectivity index (χ0) is 18.6. The predicted molar refractivity (Wildman–Crippen MR) is 109 cm³/mol. The van der Waals surface area contributed by atoms with Crippen molar-refractivity contribution in [1.29, 1.82) is 0 Å². The van der Waals surface area contributed by atoms with E-state index in [4.69, 9.17) is 9.15 Å². The van der Waals surface area contributed by atoms with Gasteiger partial charge in [0.1, 0.15) is 6.08 Å². The Morgan fingerprint density at radius 3 is 2.59 bits per heavy atom. The normalized spacial score (nSPS) is 14.7. The number of anilines is 1. The van der Waals surface area contributed by atoms with Gasteiger partial charge in [-0.15, -0.1) is 0 Å². The van der Waals surface area contributed by atoms with Gasteiger partial charge in [-0.05, 0) is 24.6 Å². The fourth-order valence-corrected chi connectivity index (χ4v) is 3.52. The second-order valence-electron chi connectivity index (χ2n) is 6.97. The molecule has 0 atom stereocenters. The van der Waals surface area contributed by atoms with E-state index in [1.54, 1.807) is 0 Å². The van der Waals surface area contributed by atoms with Gasteiger partial charge in [0.2, 0.25) is 11.5 Å². The molecule has 0 spiro atoms. The molecular formula is C23H27N2O2+. The van der Waals surface area contributed by atoms with E-state index in [2.05, 4.69) is 47.6 Å². The standard InChI is InChI=1S/C23H27N2O2/c1-3-5-15-24-18-11-7-9-13-20(18)26-22(24)17-23-25(16-6-4-2)19-12-8-10-14-21(19)27-23/h7-14,17H,3-6,15-16H2,1-2H3/q+1. The molecule has 140 valence electrons. The lowest BCUT2D eigenvalue weighted by Gasteiger charge is -2.17. The van der Waals surface area contributed by atoms with Crippen LogP contribution in [0.15, 0.2) is 58.8 Å². The van der Waals surface area contributed by atoms with Crippen molar-refractivity contribution >= 4 is 22.9 Å². The molecule has 4 rings (SSSR count). The van der Waals surface area contributed by atoms with E-state index in [1.807, 2.05) is 30.3 Å². The molecule has 3 aromatic rings. The number of oxazole rings is 1. The number of hydrogen-bond acceptors (Lipinski definition) is 3. The molecule has 0 aliphatic carbocycles. The van der Waals surface area contributed by atoms with Crippen LogP contribution in [0.25, 0.3) is 17.2 Å². The fourth-order valence-electron chi connectivity index (χ4n) is 3.52. The average molecular weight is 363 g/mol. The van der Waals surface area contributed by atoms with Gasteiger partial charge < -0.3 is 14.1 Å². The summed E-state index contributed by atoms with van der Waals surface area (Å²) in [5.41, 5.74) is 3.18. The van der Waals surface area contributed by atoms with Crippen LogP contribution >= 0.6 is 0 Å². The highest BCUT2D eigenvalue weighted by molar-refractivity contribution is 5.72. The van der Waals surface area contributed by atoms with Crippen molar-refractivity contribution in [3.8, 4) is 5.75 Å². The van der Waals surface area contributed by atoms with Crippen LogP contribution in [0, 0.1) is 0 Å². The Kier molecular flexibility index (Phi) is 5.14. The lowest BCUT2D eigenvalue weighted by atomic mass is 10.2. The number of aryl methyl sites for hydroxylation is 1. The summed E-state index contributed by atoms with van der Waals surface area (Å²) in [4.78, 5) is 2.26. The van der Waals surface area contributed by atoms with Crippen molar-refractivity contribution in [3.05, 3.63) is 60.3 Å². The van der Waals surface area contributed by atoms with Gasteiger partial charge in [0.25, 0.3) is 5.52 Å². The van der Waals surface area contributed by atoms with Crippen molar-refractivity contribution in [2.75, 3.05) is 11.4 Å². The second-order valence-corrected chi connectivity index (χ2v) is 6.97. The van der Waals surface area contributed by atoms with Crippen LogP contribution in [0.5, 0.6) is 5.75 Å². The summed E-state index contributed by atoms with van der Waals surface area (Å²) in [5, 5.41) is 0. The maximum atomic E-state index is 6.19. The highest BCUT2D eigenvalue weighted by atomic mass is 16.5. The number of unbranched alkanes of at least 4 members (excludes halogenated alkanes) is 2. The van der Waals surface area contributed by atoms with Crippen molar-refractivity contribution in [2.45, 2.75) is 46.1 Å². The molecule has 0 amide bonds. The van der Waals surface area contributed by atoms with Crippen LogP contribution in [0.2, 0.25) is 0 Å². The molecule has 2 heterocycles. The molecule has 0 N–H and O–H groups in total. The zero-order valence-electron chi connectivity index (χ0n) is 16.1. The molecular weight excluding hydrogens is 336 g/mol. The first-order valence-electron chi connectivity index (χ1n) is 9.99. The molecule has 2 aromatic carbocycles. The van der Waals surface area contributed by atoms with Crippen LogP contribution in [0.3, 0.4) is 0 Å². The zero-order valence-corrected chi connectivity index (χ0v) is 16.1. The predicted octanol–water partition coefficient (Wildman–Crippen LogP) is 5.52. The highest BCUT2D eigenvalue weighted by Gasteiger charge is 2.29. The Morgan fingerprint density at radius 2 is 1.74 bits per heavy atom. The van der Waals surface area contributed by atoms with Crippen molar-refractivity contribution in [3.63, 3.8) is 0 Å². The molecule has 0 saturated carbocycles. The minimum Gasteiger partial charge on any atom is -0.438 e. The van der Waals surface area contributed by atoms with Crippen LogP contribution in [0.1, 0.15) is 45.4 Å². The van der Waals surface area contributed by atoms with Gasteiger partial charge >= 0.3 is 5.89 Å². The number of hydrogen-bond donors (Lipinski definition) is 0. The molecule has 1 aliphatic heterocycles. The molecule has 1 aliphatic rings. The van der Waals surface area contributed by atoms with Crippen molar-refractivity contribution in [2.24, 2.45) is 0 Å². The maximum absolute atomic E-state index is 6.19. The molecule has 27 heavy (non-hydrogen) atoms. The average Bonchev–Trinajstić information content (AvgIpc) is 3.22. The monoisotopic (exact) mass is 363 g/mol. The number of aromatic nitrogens is 1. The molecule has 1 aromatic heterocycles. The second kappa shape index (κ2) is 7.87. The lowest BCUT2D eigenvalue weighted by molar-refractivity contribution is -0.678. The Morgan fingerprint density at radius 1 is 0.963 bits per heavy atom. The molecule has 4 nitrogen and oxygen atoms in total. The summed E-state index contributed by atoms with van der Waals surface area (Å²) >= 11 is 0. The minimum absolute atomic E-state index is 0.842. The van der Waals surface area contributed by atoms with Gasteiger partial charge in [0.15, 0.2) is 12.3 Å². The first-order valence-corrected chi connectivity index (χ1v) is 9.99. The number of para-hydroxylation sites is 4.